The van der Waals surface area contributed by atoms with E-state index in [-0.39, 0.29) is 18.9 Å². The van der Waals surface area contributed by atoms with Gasteiger partial charge in [0.15, 0.2) is 17.6 Å². The molecule has 3 amide bonds. The number of benzene rings is 2. The molecule has 2 heterocycles. The van der Waals surface area contributed by atoms with Gasteiger partial charge in [0.25, 0.3) is 5.91 Å². The van der Waals surface area contributed by atoms with Crippen LogP contribution >= 0.6 is 0 Å². The molecule has 0 radical (unpaired) electrons. The third-order valence-corrected chi connectivity index (χ3v) is 5.39. The van der Waals surface area contributed by atoms with Crippen molar-refractivity contribution in [3.05, 3.63) is 48.0 Å². The van der Waals surface area contributed by atoms with Gasteiger partial charge in [-0.25, -0.2) is 0 Å². The third-order valence-electron chi connectivity index (χ3n) is 5.39. The third kappa shape index (κ3) is 4.89. The zero-order valence-corrected chi connectivity index (χ0v) is 17.9. The molecule has 10 heteroatoms. The Kier molecular flexibility index (Phi) is 6.16. The molecule has 1 saturated heterocycles. The van der Waals surface area contributed by atoms with Crippen LogP contribution in [0.25, 0.3) is 0 Å². The standard InChI is InChI=1S/C23H23N3O7/c1-13(22(29)25-16-4-2-14(3-5-16)21(24)28)33-23(30)15-10-20(27)26(12-15)17-6-7-18-19(11-17)32-9-8-31-18/h2-7,11,13,15H,8-10,12H2,1H3,(H2,24,28)(H,25,29)/t13-,15+/m1/s1. The minimum absolute atomic E-state index is 0.0177. The molecule has 0 unspecified atom stereocenters. The molecule has 2 atom stereocenters. The molecule has 0 bridgehead atoms. The van der Waals surface area contributed by atoms with Crippen molar-refractivity contribution in [3.8, 4) is 11.5 Å². The maximum absolute atomic E-state index is 12.6. The molecule has 0 spiro atoms. The number of carbonyl (C=O) groups excluding carboxylic acids is 4. The lowest BCUT2D eigenvalue weighted by molar-refractivity contribution is -0.157. The molecular weight excluding hydrogens is 430 g/mol. The molecule has 0 saturated carbocycles. The zero-order valence-electron chi connectivity index (χ0n) is 17.9. The van der Waals surface area contributed by atoms with Gasteiger partial charge in [0.2, 0.25) is 11.8 Å². The number of rotatable bonds is 6. The van der Waals surface area contributed by atoms with Crippen LogP contribution in [0.1, 0.15) is 23.7 Å². The summed E-state index contributed by atoms with van der Waals surface area (Å²) in [5.74, 6) is -1.51. The van der Waals surface area contributed by atoms with Crippen LogP contribution in [0.15, 0.2) is 42.5 Å². The van der Waals surface area contributed by atoms with Crippen LogP contribution in [0.3, 0.4) is 0 Å². The Hall–Kier alpha value is -4.08. The predicted octanol–water partition coefficient (Wildman–Crippen LogP) is 1.48. The summed E-state index contributed by atoms with van der Waals surface area (Å²) in [4.78, 5) is 50.1. The van der Waals surface area contributed by atoms with Crippen molar-refractivity contribution in [1.29, 1.82) is 0 Å². The van der Waals surface area contributed by atoms with E-state index in [4.69, 9.17) is 19.9 Å². The van der Waals surface area contributed by atoms with Crippen LogP contribution in [0.4, 0.5) is 11.4 Å². The van der Waals surface area contributed by atoms with E-state index in [0.717, 1.165) is 0 Å². The number of nitrogens with one attached hydrogen (secondary N) is 1. The number of amides is 3. The fourth-order valence-corrected chi connectivity index (χ4v) is 3.60. The average molecular weight is 453 g/mol. The molecule has 172 valence electrons. The monoisotopic (exact) mass is 453 g/mol. The predicted molar refractivity (Wildman–Crippen MR) is 117 cm³/mol. The van der Waals surface area contributed by atoms with Crippen molar-refractivity contribution in [2.75, 3.05) is 30.0 Å². The molecule has 2 aromatic rings. The van der Waals surface area contributed by atoms with Gasteiger partial charge in [-0.3, -0.25) is 19.2 Å². The van der Waals surface area contributed by atoms with Gasteiger partial charge in [-0.05, 0) is 43.3 Å². The number of fused-ring (bicyclic) bond motifs is 1. The van der Waals surface area contributed by atoms with Crippen LogP contribution in [0.5, 0.6) is 11.5 Å². The largest absolute Gasteiger partial charge is 0.486 e. The number of esters is 1. The fraction of sp³-hybridized carbons (Fsp3) is 0.304. The number of nitrogens with zero attached hydrogens (tertiary/aromatic N) is 1. The van der Waals surface area contributed by atoms with Gasteiger partial charge in [0, 0.05) is 36.0 Å². The topological polar surface area (TPSA) is 137 Å². The normalized spacial score (nSPS) is 17.9. The molecule has 2 aliphatic rings. The zero-order chi connectivity index (χ0) is 23.5. The Morgan fingerprint density at radius 1 is 1.09 bits per heavy atom. The van der Waals surface area contributed by atoms with Gasteiger partial charge in [-0.2, -0.15) is 0 Å². The molecule has 33 heavy (non-hydrogen) atoms. The Balaban J connectivity index is 1.34. The first kappa shape index (κ1) is 22.1. The second-order valence-corrected chi connectivity index (χ2v) is 7.74. The number of primary amides is 1. The molecule has 0 aliphatic carbocycles. The minimum atomic E-state index is -1.08. The van der Waals surface area contributed by atoms with Crippen molar-refractivity contribution in [3.63, 3.8) is 0 Å². The van der Waals surface area contributed by atoms with Crippen LogP contribution in [-0.2, 0) is 19.1 Å². The highest BCUT2D eigenvalue weighted by atomic mass is 16.6. The first-order valence-corrected chi connectivity index (χ1v) is 10.4. The van der Waals surface area contributed by atoms with E-state index in [2.05, 4.69) is 5.32 Å². The van der Waals surface area contributed by atoms with E-state index in [1.54, 1.807) is 18.2 Å². The van der Waals surface area contributed by atoms with Crippen LogP contribution in [0, 0.1) is 5.92 Å². The first-order valence-electron chi connectivity index (χ1n) is 10.4. The molecule has 4 rings (SSSR count). The van der Waals surface area contributed by atoms with Gasteiger partial charge in [0.1, 0.15) is 13.2 Å². The molecular formula is C23H23N3O7. The number of ether oxygens (including phenoxy) is 3. The average Bonchev–Trinajstić information content (AvgIpc) is 3.20. The van der Waals surface area contributed by atoms with Gasteiger partial charge in [-0.1, -0.05) is 0 Å². The highest BCUT2D eigenvalue weighted by Crippen LogP contribution is 2.36. The first-order chi connectivity index (χ1) is 15.8. The summed E-state index contributed by atoms with van der Waals surface area (Å²) in [7, 11) is 0. The summed E-state index contributed by atoms with van der Waals surface area (Å²) in [6.07, 6.45) is -1.09. The molecule has 2 aromatic carbocycles. The van der Waals surface area contributed by atoms with E-state index in [1.807, 2.05) is 0 Å². The van der Waals surface area contributed by atoms with Gasteiger partial charge >= 0.3 is 5.97 Å². The number of anilines is 2. The molecule has 10 nitrogen and oxygen atoms in total. The Labute approximate surface area is 189 Å². The minimum Gasteiger partial charge on any atom is -0.486 e. The highest BCUT2D eigenvalue weighted by molar-refractivity contribution is 6.01. The highest BCUT2D eigenvalue weighted by Gasteiger charge is 2.37. The quantitative estimate of drug-likeness (QED) is 0.632. The van der Waals surface area contributed by atoms with Crippen molar-refractivity contribution in [2.45, 2.75) is 19.4 Å². The maximum atomic E-state index is 12.6. The van der Waals surface area contributed by atoms with Crippen LogP contribution < -0.4 is 25.4 Å². The van der Waals surface area contributed by atoms with E-state index in [1.165, 1.54) is 36.1 Å². The lowest BCUT2D eigenvalue weighted by Crippen LogP contribution is -2.33. The van der Waals surface area contributed by atoms with Crippen molar-refractivity contribution >= 4 is 35.1 Å². The van der Waals surface area contributed by atoms with E-state index in [0.29, 0.717) is 41.7 Å². The number of hydrogen-bond donors (Lipinski definition) is 2. The van der Waals surface area contributed by atoms with Gasteiger partial charge < -0.3 is 30.2 Å². The molecule has 0 aromatic heterocycles. The molecule has 3 N–H and O–H groups in total. The fourth-order valence-electron chi connectivity index (χ4n) is 3.60. The van der Waals surface area contributed by atoms with E-state index < -0.39 is 29.8 Å². The Morgan fingerprint density at radius 2 is 1.79 bits per heavy atom. The van der Waals surface area contributed by atoms with Crippen molar-refractivity contribution < 1.29 is 33.4 Å². The summed E-state index contributed by atoms with van der Waals surface area (Å²) >= 11 is 0. The maximum Gasteiger partial charge on any atom is 0.312 e. The SMILES string of the molecule is C[C@@H](OC(=O)[C@H]1CC(=O)N(c2ccc3c(c2)OCCO3)C1)C(=O)Nc1ccc(C(N)=O)cc1. The number of hydrogen-bond acceptors (Lipinski definition) is 7. The summed E-state index contributed by atoms with van der Waals surface area (Å²) in [5.41, 5.74) is 6.52. The van der Waals surface area contributed by atoms with Crippen LogP contribution in [0.2, 0.25) is 0 Å². The Morgan fingerprint density at radius 3 is 2.48 bits per heavy atom. The van der Waals surface area contributed by atoms with Crippen molar-refractivity contribution in [2.24, 2.45) is 11.7 Å². The smallest absolute Gasteiger partial charge is 0.312 e. The van der Waals surface area contributed by atoms with E-state index >= 15 is 0 Å². The summed E-state index contributed by atoms with van der Waals surface area (Å²) in [6, 6.07) is 11.2. The molecule has 2 aliphatic heterocycles. The summed E-state index contributed by atoms with van der Waals surface area (Å²) in [6.45, 7) is 2.47. The van der Waals surface area contributed by atoms with Crippen LogP contribution in [-0.4, -0.2) is 49.6 Å². The number of nitrogens with two attached hydrogens (primary N) is 1. The second-order valence-electron chi connectivity index (χ2n) is 7.74. The van der Waals surface area contributed by atoms with Gasteiger partial charge in [0.05, 0.1) is 5.92 Å². The lowest BCUT2D eigenvalue weighted by Gasteiger charge is -2.22. The lowest BCUT2D eigenvalue weighted by atomic mass is 10.1. The van der Waals surface area contributed by atoms with Crippen molar-refractivity contribution in [1.82, 2.24) is 0 Å². The van der Waals surface area contributed by atoms with Gasteiger partial charge in [-0.15, -0.1) is 0 Å². The summed E-state index contributed by atoms with van der Waals surface area (Å²) in [5, 5.41) is 2.60. The Bertz CT molecular complexity index is 1100. The van der Waals surface area contributed by atoms with E-state index in [9.17, 15) is 19.2 Å². The summed E-state index contributed by atoms with van der Waals surface area (Å²) < 4.78 is 16.4. The molecule has 1 fully saturated rings. The second kappa shape index (κ2) is 9.19. The number of carbonyl (C=O) groups is 4.